The smallest absolute Gasteiger partial charge is 0.304 e. The van der Waals surface area contributed by atoms with Gasteiger partial charge in [-0.05, 0) is 90.8 Å². The Morgan fingerprint density at radius 2 is 1.63 bits per heavy atom. The van der Waals surface area contributed by atoms with E-state index in [4.69, 9.17) is 34.8 Å². The number of aliphatic carboxylic acids is 1. The Morgan fingerprint density at radius 3 is 2.24 bits per heavy atom. The van der Waals surface area contributed by atoms with E-state index in [1.54, 1.807) is 37.3 Å². The fraction of sp³-hybridized carbons (Fsp3) is 0.355. The fourth-order valence-corrected chi connectivity index (χ4v) is 8.71. The van der Waals surface area contributed by atoms with Crippen LogP contribution in [0.3, 0.4) is 0 Å². The number of nitrogens with one attached hydrogen (secondary N) is 1. The highest BCUT2D eigenvalue weighted by Crippen LogP contribution is 2.53. The van der Waals surface area contributed by atoms with Crippen LogP contribution >= 0.6 is 34.8 Å². The number of amides is 1. The molecular weight excluding hydrogens is 605 g/mol. The summed E-state index contributed by atoms with van der Waals surface area (Å²) in [4.78, 5) is 25.3. The van der Waals surface area contributed by atoms with E-state index in [9.17, 15) is 23.1 Å². The number of hydrogen-bond acceptors (Lipinski definition) is 4. The zero-order valence-corrected chi connectivity index (χ0v) is 25.4. The number of carboxylic acid groups (broad SMARTS) is 1. The number of carbonyl (C=O) groups excluding carboxylic acids is 1. The molecule has 3 aromatic rings. The first-order chi connectivity index (χ1) is 19.4. The molecule has 0 spiro atoms. The van der Waals surface area contributed by atoms with Crippen LogP contribution in [0, 0.1) is 11.3 Å². The van der Waals surface area contributed by atoms with E-state index in [1.165, 1.54) is 12.1 Å². The molecule has 10 heteroatoms. The summed E-state index contributed by atoms with van der Waals surface area (Å²) < 4.78 is 27.1. The van der Waals surface area contributed by atoms with Crippen molar-refractivity contribution in [3.63, 3.8) is 0 Å². The molecule has 1 aliphatic carbocycles. The van der Waals surface area contributed by atoms with Gasteiger partial charge in [-0.25, -0.2) is 8.42 Å². The molecule has 41 heavy (non-hydrogen) atoms. The number of piperidine rings is 1. The number of halogens is 3. The lowest BCUT2D eigenvalue weighted by molar-refractivity contribution is -0.147. The molecule has 2 fully saturated rings. The van der Waals surface area contributed by atoms with Crippen molar-refractivity contribution >= 4 is 56.5 Å². The molecule has 2 N–H and O–H groups in total. The maximum atomic E-state index is 13.6. The quantitative estimate of drug-likeness (QED) is 0.261. The van der Waals surface area contributed by atoms with E-state index in [0.717, 1.165) is 11.1 Å². The predicted octanol–water partition coefficient (Wildman–Crippen LogP) is 7.14. The molecule has 0 bridgehead atoms. The average molecular weight is 635 g/mol. The fourth-order valence-electron chi connectivity index (χ4n) is 6.27. The highest BCUT2D eigenvalue weighted by molar-refractivity contribution is 7.92. The average Bonchev–Trinajstić information content (AvgIpc) is 3.71. The SMILES string of the molecule is CC1(CC(=O)O)CC(c2cccc(Cl)c2)C(CC(c2ccc(Cl)cc2)C2CC2S(=O)(=O)c2ccc(Cl)cc2)NC1=O. The van der Waals surface area contributed by atoms with Gasteiger partial charge < -0.3 is 10.4 Å². The molecule has 5 rings (SSSR count). The lowest BCUT2D eigenvalue weighted by atomic mass is 9.68. The monoisotopic (exact) mass is 633 g/mol. The van der Waals surface area contributed by atoms with Crippen molar-refractivity contribution in [1.82, 2.24) is 5.32 Å². The van der Waals surface area contributed by atoms with E-state index < -0.39 is 26.5 Å². The summed E-state index contributed by atoms with van der Waals surface area (Å²) in [5.74, 6) is -1.97. The maximum absolute atomic E-state index is 13.6. The summed E-state index contributed by atoms with van der Waals surface area (Å²) in [7, 11) is -3.60. The van der Waals surface area contributed by atoms with E-state index in [1.807, 2.05) is 30.3 Å². The van der Waals surface area contributed by atoms with Crippen LogP contribution in [0.15, 0.2) is 77.7 Å². The van der Waals surface area contributed by atoms with Gasteiger partial charge in [-0.1, -0.05) is 66.0 Å². The van der Waals surface area contributed by atoms with Crippen LogP contribution in [0.2, 0.25) is 15.1 Å². The Morgan fingerprint density at radius 1 is 1.00 bits per heavy atom. The molecule has 3 aromatic carbocycles. The van der Waals surface area contributed by atoms with Crippen LogP contribution in [-0.2, 0) is 19.4 Å². The summed E-state index contributed by atoms with van der Waals surface area (Å²) in [5.41, 5.74) is 0.728. The van der Waals surface area contributed by atoms with Crippen molar-refractivity contribution in [2.45, 2.75) is 60.6 Å². The van der Waals surface area contributed by atoms with Gasteiger partial charge >= 0.3 is 5.97 Å². The minimum Gasteiger partial charge on any atom is -0.481 e. The van der Waals surface area contributed by atoms with Crippen molar-refractivity contribution in [3.8, 4) is 0 Å². The van der Waals surface area contributed by atoms with Crippen molar-refractivity contribution < 1.29 is 23.1 Å². The summed E-state index contributed by atoms with van der Waals surface area (Å²) in [6.45, 7) is 1.68. The van der Waals surface area contributed by atoms with E-state index in [-0.39, 0.29) is 41.0 Å². The van der Waals surface area contributed by atoms with Gasteiger partial charge in [0.25, 0.3) is 0 Å². The Bertz CT molecular complexity index is 1560. The standard InChI is InChI=1S/C31H30Cl3NO5S/c1-31(17-29(36)37)16-26(19-3-2-4-22(34)13-19)27(35-30(31)38)14-24(18-5-7-20(32)8-6-18)25-15-28(25)41(39,40)23-11-9-21(33)10-12-23/h2-13,24-28H,14-17H2,1H3,(H,35,38)(H,36,37). The van der Waals surface area contributed by atoms with Crippen molar-refractivity contribution in [2.75, 3.05) is 0 Å². The minimum absolute atomic E-state index is 0.180. The molecule has 1 saturated carbocycles. The zero-order chi connectivity index (χ0) is 29.5. The van der Waals surface area contributed by atoms with E-state index in [0.29, 0.717) is 34.3 Å². The van der Waals surface area contributed by atoms with Gasteiger partial charge in [0.1, 0.15) is 0 Å². The minimum atomic E-state index is -3.60. The van der Waals surface area contributed by atoms with Crippen LogP contribution in [0.5, 0.6) is 0 Å². The zero-order valence-electron chi connectivity index (χ0n) is 22.3. The number of carboxylic acids is 1. The third-order valence-corrected chi connectivity index (χ3v) is 11.5. The predicted molar refractivity (Wildman–Crippen MR) is 160 cm³/mol. The molecule has 1 amide bonds. The van der Waals surface area contributed by atoms with Crippen LogP contribution in [-0.4, -0.2) is 36.7 Å². The number of hydrogen-bond donors (Lipinski definition) is 2. The maximum Gasteiger partial charge on any atom is 0.304 e. The Hall–Kier alpha value is -2.58. The van der Waals surface area contributed by atoms with Crippen LogP contribution in [0.4, 0.5) is 0 Å². The third kappa shape index (κ3) is 6.43. The lowest BCUT2D eigenvalue weighted by Crippen LogP contribution is -2.54. The van der Waals surface area contributed by atoms with Crippen molar-refractivity contribution in [2.24, 2.45) is 11.3 Å². The van der Waals surface area contributed by atoms with E-state index in [2.05, 4.69) is 5.32 Å². The van der Waals surface area contributed by atoms with Gasteiger partial charge in [0.2, 0.25) is 5.91 Å². The Balaban J connectivity index is 1.49. The van der Waals surface area contributed by atoms with Crippen molar-refractivity contribution in [1.29, 1.82) is 0 Å². The van der Waals surface area contributed by atoms with Gasteiger partial charge in [-0.3, -0.25) is 9.59 Å². The lowest BCUT2D eigenvalue weighted by Gasteiger charge is -2.43. The first kappa shape index (κ1) is 29.9. The van der Waals surface area contributed by atoms with E-state index >= 15 is 0 Å². The molecule has 1 heterocycles. The number of carbonyl (C=O) groups is 2. The Labute approximate surface area is 254 Å². The topological polar surface area (TPSA) is 101 Å². The van der Waals surface area contributed by atoms with Crippen LogP contribution in [0.25, 0.3) is 0 Å². The second kappa shape index (κ2) is 11.6. The van der Waals surface area contributed by atoms with Crippen LogP contribution < -0.4 is 5.32 Å². The number of sulfone groups is 1. The van der Waals surface area contributed by atoms with Gasteiger partial charge in [0, 0.05) is 27.0 Å². The molecule has 0 aromatic heterocycles. The second-order valence-corrected chi connectivity index (χ2v) is 14.9. The summed E-state index contributed by atoms with van der Waals surface area (Å²) in [6.07, 6.45) is 0.969. The number of rotatable bonds is 9. The molecule has 6 nitrogen and oxygen atoms in total. The normalized spacial score (nSPS) is 26.7. The van der Waals surface area contributed by atoms with Gasteiger partial charge in [-0.2, -0.15) is 0 Å². The van der Waals surface area contributed by atoms with Gasteiger partial charge in [0.05, 0.1) is 22.0 Å². The van der Waals surface area contributed by atoms with Gasteiger partial charge in [-0.15, -0.1) is 0 Å². The summed E-state index contributed by atoms with van der Waals surface area (Å²) in [6, 6.07) is 20.6. The third-order valence-electron chi connectivity index (χ3n) is 8.48. The molecule has 6 atom stereocenters. The van der Waals surface area contributed by atoms with Gasteiger partial charge in [0.15, 0.2) is 9.84 Å². The first-order valence-electron chi connectivity index (χ1n) is 13.4. The number of benzene rings is 3. The molecule has 2 aliphatic rings. The highest BCUT2D eigenvalue weighted by Gasteiger charge is 2.54. The molecule has 0 radical (unpaired) electrons. The molecule has 216 valence electrons. The highest BCUT2D eigenvalue weighted by atomic mass is 35.5. The first-order valence-corrected chi connectivity index (χ1v) is 16.1. The van der Waals surface area contributed by atoms with Crippen LogP contribution in [0.1, 0.15) is 55.6 Å². The summed E-state index contributed by atoms with van der Waals surface area (Å²) in [5, 5.41) is 13.7. The molecule has 1 aliphatic heterocycles. The molecular formula is C31H30Cl3NO5S. The van der Waals surface area contributed by atoms with Crippen molar-refractivity contribution in [3.05, 3.63) is 99.0 Å². The second-order valence-electron chi connectivity index (χ2n) is 11.4. The Kier molecular flexibility index (Phi) is 8.46. The molecule has 6 unspecified atom stereocenters. The summed E-state index contributed by atoms with van der Waals surface area (Å²) >= 11 is 18.5. The largest absolute Gasteiger partial charge is 0.481 e. The molecule has 1 saturated heterocycles.